The predicted octanol–water partition coefficient (Wildman–Crippen LogP) is 1.34. The van der Waals surface area contributed by atoms with E-state index in [1.54, 1.807) is 24.3 Å². The second-order valence-electron chi connectivity index (χ2n) is 3.24. The van der Waals surface area contributed by atoms with Crippen LogP contribution in [0.15, 0.2) is 41.3 Å². The third-order valence-electron chi connectivity index (χ3n) is 2.22. The molecule has 0 aliphatic carbocycles. The van der Waals surface area contributed by atoms with Gasteiger partial charge >= 0.3 is 0 Å². The third kappa shape index (κ3) is 1.85. The summed E-state index contributed by atoms with van der Waals surface area (Å²) in [4.78, 5) is 4.34. The Bertz CT molecular complexity index is 636. The van der Waals surface area contributed by atoms with Crippen LogP contribution in [0.1, 0.15) is 0 Å². The molecule has 0 spiro atoms. The molecule has 0 aliphatic rings. The van der Waals surface area contributed by atoms with E-state index in [9.17, 15) is 8.42 Å². The van der Waals surface area contributed by atoms with E-state index >= 15 is 0 Å². The minimum absolute atomic E-state index is 0.200. The first kappa shape index (κ1) is 10.9. The van der Waals surface area contributed by atoms with Crippen molar-refractivity contribution in [2.24, 2.45) is 5.90 Å². The molecule has 0 heterocycles. The quantitative estimate of drug-likeness (QED) is 0.609. The van der Waals surface area contributed by atoms with Gasteiger partial charge in [0.15, 0.2) is 5.75 Å². The Morgan fingerprint density at radius 1 is 1.19 bits per heavy atom. The molecule has 0 bridgehead atoms. The molecule has 0 radical (unpaired) electrons. The summed E-state index contributed by atoms with van der Waals surface area (Å²) >= 11 is 0. The van der Waals surface area contributed by atoms with E-state index in [2.05, 4.69) is 4.84 Å². The first-order valence-electron chi connectivity index (χ1n) is 4.39. The molecule has 5 nitrogen and oxygen atoms in total. The van der Waals surface area contributed by atoms with Crippen molar-refractivity contribution < 1.29 is 17.8 Å². The normalized spacial score (nSPS) is 11.6. The standard InChI is InChI=1S/C10H9NO4S/c11-15-10-6-8(16(12,13)14)5-7-3-1-2-4-9(7)10/h1-6H,11H2,(H,12,13,14). The SMILES string of the molecule is NOc1cc(S(=O)(=O)O)cc2ccccc12. The van der Waals surface area contributed by atoms with Crippen molar-refractivity contribution in [3.63, 3.8) is 0 Å². The molecular weight excluding hydrogens is 230 g/mol. The minimum atomic E-state index is -4.26. The molecule has 6 heteroatoms. The highest BCUT2D eigenvalue weighted by molar-refractivity contribution is 7.85. The van der Waals surface area contributed by atoms with Gasteiger partial charge in [0.05, 0.1) is 4.90 Å². The lowest BCUT2D eigenvalue weighted by molar-refractivity contribution is 0.337. The van der Waals surface area contributed by atoms with Crippen LogP contribution in [0.3, 0.4) is 0 Å². The smallest absolute Gasteiger partial charge is 0.294 e. The summed E-state index contributed by atoms with van der Waals surface area (Å²) in [6, 6.07) is 9.50. The molecule has 0 fully saturated rings. The van der Waals surface area contributed by atoms with Crippen LogP contribution in [0.4, 0.5) is 0 Å². The lowest BCUT2D eigenvalue weighted by Crippen LogP contribution is -2.05. The van der Waals surface area contributed by atoms with Crippen LogP contribution in [0.2, 0.25) is 0 Å². The average Bonchev–Trinajstić information content (AvgIpc) is 2.26. The molecule has 16 heavy (non-hydrogen) atoms. The molecule has 0 saturated carbocycles. The Labute approximate surface area is 92.1 Å². The molecular formula is C10H9NO4S. The highest BCUT2D eigenvalue weighted by Gasteiger charge is 2.13. The average molecular weight is 239 g/mol. The number of hydrogen-bond donors (Lipinski definition) is 2. The van der Waals surface area contributed by atoms with E-state index in [1.807, 2.05) is 0 Å². The largest absolute Gasteiger partial charge is 0.411 e. The maximum absolute atomic E-state index is 11.0. The van der Waals surface area contributed by atoms with Crippen LogP contribution >= 0.6 is 0 Å². The number of fused-ring (bicyclic) bond motifs is 1. The van der Waals surface area contributed by atoms with Gasteiger partial charge in [-0.05, 0) is 11.5 Å². The fourth-order valence-electron chi connectivity index (χ4n) is 1.50. The monoisotopic (exact) mass is 239 g/mol. The van der Waals surface area contributed by atoms with Gasteiger partial charge in [-0.1, -0.05) is 24.3 Å². The molecule has 0 atom stereocenters. The maximum Gasteiger partial charge on any atom is 0.294 e. The third-order valence-corrected chi connectivity index (χ3v) is 3.05. The number of rotatable bonds is 2. The zero-order chi connectivity index (χ0) is 11.8. The lowest BCUT2D eigenvalue weighted by Gasteiger charge is -2.06. The Hall–Kier alpha value is -1.63. The number of nitrogens with two attached hydrogens (primary N) is 1. The molecule has 2 aromatic carbocycles. The van der Waals surface area contributed by atoms with Crippen LogP contribution in [-0.2, 0) is 10.1 Å². The molecule has 2 aromatic rings. The van der Waals surface area contributed by atoms with Gasteiger partial charge in [0, 0.05) is 11.5 Å². The van der Waals surface area contributed by atoms with Crippen molar-refractivity contribution >= 4 is 20.9 Å². The van der Waals surface area contributed by atoms with Gasteiger partial charge in [0.25, 0.3) is 10.1 Å². The minimum Gasteiger partial charge on any atom is -0.411 e. The first-order valence-corrected chi connectivity index (χ1v) is 5.83. The van der Waals surface area contributed by atoms with Crippen molar-refractivity contribution in [2.45, 2.75) is 4.90 Å². The first-order chi connectivity index (χ1) is 7.52. The Balaban J connectivity index is 2.83. The molecule has 0 saturated heterocycles. The topological polar surface area (TPSA) is 89.6 Å². The predicted molar refractivity (Wildman–Crippen MR) is 58.6 cm³/mol. The van der Waals surface area contributed by atoms with Crippen molar-refractivity contribution in [3.8, 4) is 5.75 Å². The van der Waals surface area contributed by atoms with Crippen LogP contribution in [0, 0.1) is 0 Å². The molecule has 0 amide bonds. The van der Waals surface area contributed by atoms with E-state index in [1.165, 1.54) is 12.1 Å². The molecule has 0 unspecified atom stereocenters. The van der Waals surface area contributed by atoms with Crippen LogP contribution in [0.25, 0.3) is 10.8 Å². The fraction of sp³-hybridized carbons (Fsp3) is 0. The van der Waals surface area contributed by atoms with Crippen LogP contribution < -0.4 is 10.7 Å². The fourth-order valence-corrected chi connectivity index (χ4v) is 2.03. The molecule has 0 aliphatic heterocycles. The number of benzene rings is 2. The Kier molecular flexibility index (Phi) is 2.55. The highest BCUT2D eigenvalue weighted by Crippen LogP contribution is 2.28. The van der Waals surface area contributed by atoms with Crippen molar-refractivity contribution in [1.29, 1.82) is 0 Å². The molecule has 0 aromatic heterocycles. The molecule has 2 rings (SSSR count). The Morgan fingerprint density at radius 2 is 1.88 bits per heavy atom. The van der Waals surface area contributed by atoms with E-state index in [-0.39, 0.29) is 10.6 Å². The van der Waals surface area contributed by atoms with E-state index < -0.39 is 10.1 Å². The van der Waals surface area contributed by atoms with Gasteiger partial charge in [0.1, 0.15) is 0 Å². The van der Waals surface area contributed by atoms with Gasteiger partial charge in [0.2, 0.25) is 0 Å². The zero-order valence-corrected chi connectivity index (χ0v) is 8.94. The molecule has 84 valence electrons. The van der Waals surface area contributed by atoms with Crippen molar-refractivity contribution in [3.05, 3.63) is 36.4 Å². The van der Waals surface area contributed by atoms with Crippen LogP contribution in [0.5, 0.6) is 5.75 Å². The second-order valence-corrected chi connectivity index (χ2v) is 4.66. The number of hydrogen-bond acceptors (Lipinski definition) is 4. The van der Waals surface area contributed by atoms with Gasteiger partial charge in [-0.25, -0.2) is 0 Å². The molecule has 3 N–H and O–H groups in total. The van der Waals surface area contributed by atoms with E-state index in [0.29, 0.717) is 10.8 Å². The Morgan fingerprint density at radius 3 is 2.50 bits per heavy atom. The summed E-state index contributed by atoms with van der Waals surface area (Å²) in [7, 11) is -4.26. The summed E-state index contributed by atoms with van der Waals surface area (Å²) in [6.07, 6.45) is 0. The highest BCUT2D eigenvalue weighted by atomic mass is 32.2. The second kappa shape index (κ2) is 3.75. The van der Waals surface area contributed by atoms with E-state index in [4.69, 9.17) is 10.4 Å². The van der Waals surface area contributed by atoms with Crippen LogP contribution in [-0.4, -0.2) is 13.0 Å². The summed E-state index contributed by atoms with van der Waals surface area (Å²) in [5.74, 6) is 5.25. The van der Waals surface area contributed by atoms with Crippen molar-refractivity contribution in [1.82, 2.24) is 0 Å². The summed E-state index contributed by atoms with van der Waals surface area (Å²) in [6.45, 7) is 0. The van der Waals surface area contributed by atoms with Gasteiger partial charge in [-0.3, -0.25) is 4.55 Å². The van der Waals surface area contributed by atoms with E-state index in [0.717, 1.165) is 0 Å². The lowest BCUT2D eigenvalue weighted by atomic mass is 10.1. The van der Waals surface area contributed by atoms with Gasteiger partial charge in [-0.2, -0.15) is 14.3 Å². The summed E-state index contributed by atoms with van der Waals surface area (Å²) in [5.41, 5.74) is 0. The summed E-state index contributed by atoms with van der Waals surface area (Å²) in [5, 5.41) is 1.30. The van der Waals surface area contributed by atoms with Gasteiger partial charge < -0.3 is 4.84 Å². The van der Waals surface area contributed by atoms with Crippen molar-refractivity contribution in [2.75, 3.05) is 0 Å². The van der Waals surface area contributed by atoms with Gasteiger partial charge in [-0.15, -0.1) is 0 Å². The zero-order valence-electron chi connectivity index (χ0n) is 8.12. The summed E-state index contributed by atoms with van der Waals surface area (Å²) < 4.78 is 31.0. The maximum atomic E-state index is 11.0.